The van der Waals surface area contributed by atoms with Crippen LogP contribution in [0.3, 0.4) is 0 Å². The van der Waals surface area contributed by atoms with E-state index in [1.54, 1.807) is 0 Å². The number of unbranched alkanes of at least 4 members (excludes halogenated alkanes) is 7. The Kier molecular flexibility index (Phi) is 13.5. The summed E-state index contributed by atoms with van der Waals surface area (Å²) in [6.45, 7) is 5.65. The van der Waals surface area contributed by atoms with Gasteiger partial charge in [0.1, 0.15) is 0 Å². The fraction of sp³-hybridized carbons (Fsp3) is 1.00. The van der Waals surface area contributed by atoms with Crippen LogP contribution in [-0.4, -0.2) is 18.5 Å². The largest absolute Gasteiger partial charge is 0.314 e. The average Bonchev–Trinajstić information content (AvgIpc) is 2.27. The summed E-state index contributed by atoms with van der Waals surface area (Å²) in [7, 11) is 0. The second-order valence-electron chi connectivity index (χ2n) is 4.81. The summed E-state index contributed by atoms with van der Waals surface area (Å²) in [5.41, 5.74) is 0. The summed E-state index contributed by atoms with van der Waals surface area (Å²) in [5, 5.41) is 3.51. The molecular weight excluding hydrogens is 218 g/mol. The Balaban J connectivity index is 2.98. The van der Waals surface area contributed by atoms with E-state index in [9.17, 15) is 0 Å². The lowest BCUT2D eigenvalue weighted by Gasteiger charge is -2.11. The van der Waals surface area contributed by atoms with Crippen LogP contribution in [0.5, 0.6) is 0 Å². The van der Waals surface area contributed by atoms with Crippen molar-refractivity contribution in [1.29, 1.82) is 0 Å². The summed E-state index contributed by atoms with van der Waals surface area (Å²) >= 11 is 5.68. The first-order valence-electron chi connectivity index (χ1n) is 7.10. The van der Waals surface area contributed by atoms with Crippen molar-refractivity contribution in [3.63, 3.8) is 0 Å². The fourth-order valence-corrected chi connectivity index (χ4v) is 2.20. The molecule has 0 fully saturated rings. The van der Waals surface area contributed by atoms with Gasteiger partial charge in [0.25, 0.3) is 0 Å². The number of nitrogens with one attached hydrogen (secondary N) is 1. The number of hydrogen-bond donors (Lipinski definition) is 1. The highest BCUT2D eigenvalue weighted by Gasteiger charge is 1.98. The average molecular weight is 248 g/mol. The van der Waals surface area contributed by atoms with Gasteiger partial charge in [0.15, 0.2) is 0 Å². The molecule has 0 saturated carbocycles. The van der Waals surface area contributed by atoms with Crippen LogP contribution in [0.25, 0.3) is 0 Å². The van der Waals surface area contributed by atoms with Gasteiger partial charge in [0.2, 0.25) is 0 Å². The first kappa shape index (κ1) is 16.2. The van der Waals surface area contributed by atoms with Gasteiger partial charge in [0.05, 0.1) is 0 Å². The minimum Gasteiger partial charge on any atom is -0.314 e. The van der Waals surface area contributed by atoms with Crippen molar-refractivity contribution in [2.75, 3.05) is 12.4 Å². The van der Waals surface area contributed by atoms with Gasteiger partial charge in [-0.15, -0.1) is 11.6 Å². The van der Waals surface area contributed by atoms with Crippen LogP contribution in [0.2, 0.25) is 0 Å². The maximum absolute atomic E-state index is 5.68. The molecule has 0 amide bonds. The predicted molar refractivity (Wildman–Crippen MR) is 75.4 cm³/mol. The summed E-state index contributed by atoms with van der Waals surface area (Å²) in [6.07, 6.45) is 12.3. The molecule has 2 heteroatoms. The highest BCUT2D eigenvalue weighted by Crippen LogP contribution is 2.08. The van der Waals surface area contributed by atoms with Gasteiger partial charge in [-0.3, -0.25) is 0 Å². The summed E-state index contributed by atoms with van der Waals surface area (Å²) in [4.78, 5) is 0. The van der Waals surface area contributed by atoms with Crippen LogP contribution < -0.4 is 5.32 Å². The van der Waals surface area contributed by atoms with E-state index >= 15 is 0 Å². The van der Waals surface area contributed by atoms with E-state index in [0.29, 0.717) is 6.04 Å². The summed E-state index contributed by atoms with van der Waals surface area (Å²) < 4.78 is 0. The molecule has 0 rings (SSSR count). The minimum absolute atomic E-state index is 0.585. The summed E-state index contributed by atoms with van der Waals surface area (Å²) in [5.74, 6) is 0.769. The maximum Gasteiger partial charge on any atom is 0.0238 e. The highest BCUT2D eigenvalue weighted by molar-refractivity contribution is 6.17. The van der Waals surface area contributed by atoms with Crippen molar-refractivity contribution < 1.29 is 0 Å². The topological polar surface area (TPSA) is 12.0 Å². The van der Waals surface area contributed by atoms with Crippen LogP contribution in [-0.2, 0) is 0 Å². The van der Waals surface area contributed by atoms with Gasteiger partial charge < -0.3 is 5.32 Å². The molecule has 0 aromatic rings. The third-order valence-electron chi connectivity index (χ3n) is 3.07. The molecule has 0 spiro atoms. The van der Waals surface area contributed by atoms with Crippen LogP contribution >= 0.6 is 11.6 Å². The molecule has 0 bridgehead atoms. The first-order valence-corrected chi connectivity index (χ1v) is 7.64. The van der Waals surface area contributed by atoms with Gasteiger partial charge in [-0.2, -0.15) is 0 Å². The van der Waals surface area contributed by atoms with E-state index in [-0.39, 0.29) is 0 Å². The summed E-state index contributed by atoms with van der Waals surface area (Å²) in [6, 6.07) is 0.585. The van der Waals surface area contributed by atoms with Crippen LogP contribution in [0.15, 0.2) is 0 Å². The minimum atomic E-state index is 0.585. The number of halogens is 1. The number of alkyl halides is 1. The quantitative estimate of drug-likeness (QED) is 0.388. The third-order valence-corrected chi connectivity index (χ3v) is 3.28. The molecule has 0 aliphatic heterocycles. The lowest BCUT2D eigenvalue weighted by Crippen LogP contribution is -2.27. The van der Waals surface area contributed by atoms with Crippen molar-refractivity contribution in [1.82, 2.24) is 5.32 Å². The van der Waals surface area contributed by atoms with Crippen molar-refractivity contribution >= 4 is 11.6 Å². The molecule has 0 aromatic heterocycles. The SMILES string of the molecule is CCCCCCCCCCNC(C)CCCl. The van der Waals surface area contributed by atoms with Gasteiger partial charge in [-0.25, -0.2) is 0 Å². The van der Waals surface area contributed by atoms with Crippen LogP contribution in [0, 0.1) is 0 Å². The second kappa shape index (κ2) is 13.3. The molecule has 16 heavy (non-hydrogen) atoms. The Bertz CT molecular complexity index is 128. The number of rotatable bonds is 12. The van der Waals surface area contributed by atoms with Gasteiger partial charge in [-0.05, 0) is 26.3 Å². The molecule has 0 heterocycles. The Morgan fingerprint density at radius 2 is 1.50 bits per heavy atom. The molecule has 0 aromatic carbocycles. The van der Waals surface area contributed by atoms with E-state index in [1.165, 1.54) is 51.4 Å². The zero-order valence-electron chi connectivity index (χ0n) is 11.2. The molecule has 0 saturated heterocycles. The molecule has 1 unspecified atom stereocenters. The monoisotopic (exact) mass is 247 g/mol. The zero-order valence-corrected chi connectivity index (χ0v) is 12.0. The van der Waals surface area contributed by atoms with E-state index in [0.717, 1.165) is 18.8 Å². The Morgan fingerprint density at radius 3 is 2.06 bits per heavy atom. The maximum atomic E-state index is 5.68. The van der Waals surface area contributed by atoms with E-state index in [4.69, 9.17) is 11.6 Å². The Hall–Kier alpha value is 0.250. The third kappa shape index (κ3) is 12.3. The molecule has 0 radical (unpaired) electrons. The molecule has 1 atom stereocenters. The highest BCUT2D eigenvalue weighted by atomic mass is 35.5. The van der Waals surface area contributed by atoms with Gasteiger partial charge >= 0.3 is 0 Å². The lowest BCUT2D eigenvalue weighted by molar-refractivity contribution is 0.503. The zero-order chi connectivity index (χ0) is 12.1. The van der Waals surface area contributed by atoms with Crippen molar-refractivity contribution in [3.05, 3.63) is 0 Å². The lowest BCUT2D eigenvalue weighted by atomic mass is 10.1. The number of hydrogen-bond acceptors (Lipinski definition) is 1. The van der Waals surface area contributed by atoms with Gasteiger partial charge in [0, 0.05) is 11.9 Å². The smallest absolute Gasteiger partial charge is 0.0238 e. The molecule has 1 N–H and O–H groups in total. The Labute approximate surface area is 107 Å². The molecular formula is C14H30ClN. The van der Waals surface area contributed by atoms with Crippen molar-refractivity contribution in [3.8, 4) is 0 Å². The Morgan fingerprint density at radius 1 is 0.938 bits per heavy atom. The standard InChI is InChI=1S/C14H30ClN/c1-3-4-5-6-7-8-9-10-13-16-14(2)11-12-15/h14,16H,3-13H2,1-2H3. The fourth-order valence-electron chi connectivity index (χ4n) is 1.87. The molecule has 0 aliphatic carbocycles. The molecule has 98 valence electrons. The van der Waals surface area contributed by atoms with E-state index < -0.39 is 0 Å². The normalized spacial score (nSPS) is 12.9. The van der Waals surface area contributed by atoms with Crippen molar-refractivity contribution in [2.45, 2.75) is 77.7 Å². The van der Waals surface area contributed by atoms with Crippen LogP contribution in [0.4, 0.5) is 0 Å². The first-order chi connectivity index (χ1) is 7.81. The van der Waals surface area contributed by atoms with Crippen LogP contribution in [0.1, 0.15) is 71.6 Å². The second-order valence-corrected chi connectivity index (χ2v) is 5.19. The van der Waals surface area contributed by atoms with Crippen molar-refractivity contribution in [2.24, 2.45) is 0 Å². The van der Waals surface area contributed by atoms with E-state index in [1.807, 2.05) is 0 Å². The van der Waals surface area contributed by atoms with E-state index in [2.05, 4.69) is 19.2 Å². The molecule has 0 aliphatic rings. The van der Waals surface area contributed by atoms with Gasteiger partial charge in [-0.1, -0.05) is 51.9 Å². The molecule has 1 nitrogen and oxygen atoms in total. The predicted octanol–water partition coefficient (Wildman–Crippen LogP) is 4.73.